The Kier molecular flexibility index (Phi) is 3.24. The van der Waals surface area contributed by atoms with Crippen molar-refractivity contribution in [1.82, 2.24) is 0 Å². The molecule has 3 heteroatoms. The molecular formula is C12H14O3. The molecular weight excluding hydrogens is 192 g/mol. The lowest BCUT2D eigenvalue weighted by atomic mass is 9.99. The minimum atomic E-state index is -0.446. The first-order chi connectivity index (χ1) is 6.97. The van der Waals surface area contributed by atoms with Crippen molar-refractivity contribution < 1.29 is 14.3 Å². The largest absolute Gasteiger partial charge is 0.496 e. The number of Topliss-reactive ketones (excluding diaryl/α,β-unsaturated/α-hetero) is 2. The monoisotopic (exact) mass is 206 g/mol. The molecule has 0 N–H and O–H groups in total. The van der Waals surface area contributed by atoms with Crippen LogP contribution in [-0.2, 0) is 4.79 Å². The molecule has 0 saturated carbocycles. The van der Waals surface area contributed by atoms with Gasteiger partial charge in [0, 0.05) is 12.5 Å². The minimum Gasteiger partial charge on any atom is -0.496 e. The number of benzene rings is 1. The van der Waals surface area contributed by atoms with Gasteiger partial charge in [-0.05, 0) is 37.1 Å². The smallest absolute Gasteiger partial charge is 0.228 e. The fraction of sp³-hybridized carbons (Fsp3) is 0.333. The van der Waals surface area contributed by atoms with Gasteiger partial charge in [0.2, 0.25) is 5.78 Å². The quantitative estimate of drug-likeness (QED) is 0.561. The van der Waals surface area contributed by atoms with Crippen molar-refractivity contribution in [2.75, 3.05) is 7.11 Å². The van der Waals surface area contributed by atoms with Crippen LogP contribution in [0.2, 0.25) is 0 Å². The molecule has 0 spiro atoms. The maximum Gasteiger partial charge on any atom is 0.228 e. The molecule has 0 atom stereocenters. The van der Waals surface area contributed by atoms with E-state index in [0.717, 1.165) is 16.9 Å². The van der Waals surface area contributed by atoms with Crippen LogP contribution in [0.1, 0.15) is 28.4 Å². The number of hydrogen-bond donors (Lipinski definition) is 0. The Morgan fingerprint density at radius 3 is 2.20 bits per heavy atom. The summed E-state index contributed by atoms with van der Waals surface area (Å²) in [5.74, 6) is -0.159. The summed E-state index contributed by atoms with van der Waals surface area (Å²) in [4.78, 5) is 22.5. The summed E-state index contributed by atoms with van der Waals surface area (Å²) < 4.78 is 5.12. The van der Waals surface area contributed by atoms with Crippen molar-refractivity contribution in [3.05, 3.63) is 28.8 Å². The van der Waals surface area contributed by atoms with Gasteiger partial charge < -0.3 is 4.74 Å². The molecule has 0 aliphatic rings. The third-order valence-corrected chi connectivity index (χ3v) is 2.31. The third-order valence-electron chi connectivity index (χ3n) is 2.31. The van der Waals surface area contributed by atoms with Gasteiger partial charge in [-0.15, -0.1) is 0 Å². The van der Waals surface area contributed by atoms with E-state index in [-0.39, 0.29) is 0 Å². The average molecular weight is 206 g/mol. The SMILES string of the molecule is COc1cc(C)c(C(=O)C(C)=O)cc1C. The molecule has 1 rings (SSSR count). The van der Waals surface area contributed by atoms with Gasteiger partial charge >= 0.3 is 0 Å². The molecule has 0 fully saturated rings. The van der Waals surface area contributed by atoms with Crippen molar-refractivity contribution in [3.63, 3.8) is 0 Å². The van der Waals surface area contributed by atoms with E-state index in [2.05, 4.69) is 0 Å². The first kappa shape index (κ1) is 11.4. The summed E-state index contributed by atoms with van der Waals surface area (Å²) in [6, 6.07) is 3.46. The van der Waals surface area contributed by atoms with Crippen LogP contribution in [0.3, 0.4) is 0 Å². The summed E-state index contributed by atoms with van der Waals surface area (Å²) in [7, 11) is 1.58. The van der Waals surface area contributed by atoms with E-state index in [9.17, 15) is 9.59 Å². The fourth-order valence-corrected chi connectivity index (χ4v) is 1.44. The van der Waals surface area contributed by atoms with Crippen molar-refractivity contribution >= 4 is 11.6 Å². The second kappa shape index (κ2) is 4.26. The normalized spacial score (nSPS) is 9.87. The molecule has 0 amide bonds. The lowest BCUT2D eigenvalue weighted by Crippen LogP contribution is -2.11. The average Bonchev–Trinajstić information content (AvgIpc) is 2.19. The van der Waals surface area contributed by atoms with Crippen LogP contribution in [-0.4, -0.2) is 18.7 Å². The molecule has 0 radical (unpaired) electrons. The predicted octanol–water partition coefficient (Wildman–Crippen LogP) is 2.08. The molecule has 0 aliphatic heterocycles. The first-order valence-electron chi connectivity index (χ1n) is 4.68. The molecule has 0 heterocycles. The van der Waals surface area contributed by atoms with Crippen LogP contribution in [0.15, 0.2) is 12.1 Å². The van der Waals surface area contributed by atoms with Crippen LogP contribution < -0.4 is 4.74 Å². The van der Waals surface area contributed by atoms with Gasteiger partial charge in [-0.25, -0.2) is 0 Å². The van der Waals surface area contributed by atoms with Gasteiger partial charge in [0.1, 0.15) is 5.75 Å². The molecule has 0 unspecified atom stereocenters. The zero-order chi connectivity index (χ0) is 11.6. The van der Waals surface area contributed by atoms with Gasteiger partial charge in [-0.2, -0.15) is 0 Å². The number of carbonyl (C=O) groups excluding carboxylic acids is 2. The molecule has 1 aromatic carbocycles. The Labute approximate surface area is 89.1 Å². The number of ketones is 2. The van der Waals surface area contributed by atoms with Crippen LogP contribution in [0.4, 0.5) is 0 Å². The Hall–Kier alpha value is -1.64. The van der Waals surface area contributed by atoms with Crippen LogP contribution in [0, 0.1) is 13.8 Å². The van der Waals surface area contributed by atoms with E-state index in [4.69, 9.17) is 4.74 Å². The molecule has 0 aliphatic carbocycles. The number of hydrogen-bond acceptors (Lipinski definition) is 3. The third kappa shape index (κ3) is 2.24. The Balaban J connectivity index is 3.28. The topological polar surface area (TPSA) is 43.4 Å². The zero-order valence-electron chi connectivity index (χ0n) is 9.38. The van der Waals surface area contributed by atoms with Crippen LogP contribution in [0.5, 0.6) is 5.75 Å². The minimum absolute atomic E-state index is 0.442. The maximum absolute atomic E-state index is 11.5. The maximum atomic E-state index is 11.5. The Morgan fingerprint density at radius 1 is 1.13 bits per heavy atom. The van der Waals surface area contributed by atoms with E-state index < -0.39 is 11.6 Å². The number of carbonyl (C=O) groups is 2. The zero-order valence-corrected chi connectivity index (χ0v) is 9.38. The molecule has 0 saturated heterocycles. The lowest BCUT2D eigenvalue weighted by molar-refractivity contribution is -0.113. The summed E-state index contributed by atoms with van der Waals surface area (Å²) in [6.45, 7) is 4.91. The van der Waals surface area contributed by atoms with E-state index in [1.54, 1.807) is 26.2 Å². The van der Waals surface area contributed by atoms with Crippen LogP contribution >= 0.6 is 0 Å². The highest BCUT2D eigenvalue weighted by atomic mass is 16.5. The summed E-state index contributed by atoms with van der Waals surface area (Å²) in [5, 5.41) is 0. The molecule has 1 aromatic rings. The Bertz CT molecular complexity index is 419. The van der Waals surface area contributed by atoms with Gasteiger partial charge in [0.05, 0.1) is 7.11 Å². The van der Waals surface area contributed by atoms with Gasteiger partial charge in [0.25, 0.3) is 0 Å². The molecule has 0 bridgehead atoms. The van der Waals surface area contributed by atoms with Crippen LogP contribution in [0.25, 0.3) is 0 Å². The van der Waals surface area contributed by atoms with Gasteiger partial charge in [-0.1, -0.05) is 0 Å². The van der Waals surface area contributed by atoms with Crippen molar-refractivity contribution in [2.45, 2.75) is 20.8 Å². The number of ether oxygens (including phenoxy) is 1. The van der Waals surface area contributed by atoms with E-state index in [1.165, 1.54) is 6.92 Å². The van der Waals surface area contributed by atoms with Gasteiger partial charge in [-0.3, -0.25) is 9.59 Å². The second-order valence-corrected chi connectivity index (χ2v) is 3.52. The van der Waals surface area contributed by atoms with Crippen molar-refractivity contribution in [2.24, 2.45) is 0 Å². The summed E-state index contributed by atoms with van der Waals surface area (Å²) >= 11 is 0. The molecule has 80 valence electrons. The standard InChI is InChI=1S/C12H14O3/c1-7-6-11(15-4)8(2)5-10(7)12(14)9(3)13/h5-6H,1-4H3. The predicted molar refractivity (Wildman–Crippen MR) is 57.5 cm³/mol. The second-order valence-electron chi connectivity index (χ2n) is 3.52. The summed E-state index contributed by atoms with van der Waals surface area (Å²) in [5.41, 5.74) is 2.08. The van der Waals surface area contributed by atoms with Crippen molar-refractivity contribution in [3.8, 4) is 5.75 Å². The fourth-order valence-electron chi connectivity index (χ4n) is 1.44. The molecule has 15 heavy (non-hydrogen) atoms. The van der Waals surface area contributed by atoms with Crippen molar-refractivity contribution in [1.29, 1.82) is 0 Å². The van der Waals surface area contributed by atoms with E-state index in [1.807, 2.05) is 6.92 Å². The number of methoxy groups -OCH3 is 1. The highest BCUT2D eigenvalue weighted by Crippen LogP contribution is 2.22. The Morgan fingerprint density at radius 2 is 1.73 bits per heavy atom. The molecule has 3 nitrogen and oxygen atoms in total. The highest BCUT2D eigenvalue weighted by Gasteiger charge is 2.15. The summed E-state index contributed by atoms with van der Waals surface area (Å²) in [6.07, 6.45) is 0. The van der Waals surface area contributed by atoms with Gasteiger partial charge in [0.15, 0.2) is 5.78 Å². The number of aryl methyl sites for hydroxylation is 2. The first-order valence-corrected chi connectivity index (χ1v) is 4.68. The highest BCUT2D eigenvalue weighted by molar-refractivity contribution is 6.43. The lowest BCUT2D eigenvalue weighted by Gasteiger charge is -2.09. The number of rotatable bonds is 3. The van der Waals surface area contributed by atoms with E-state index >= 15 is 0 Å². The molecule has 0 aromatic heterocycles. The van der Waals surface area contributed by atoms with E-state index in [0.29, 0.717) is 5.56 Å².